The van der Waals surface area contributed by atoms with Crippen LogP contribution in [0.2, 0.25) is 0 Å². The minimum absolute atomic E-state index is 0. The average Bonchev–Trinajstić information content (AvgIpc) is 1.88. The van der Waals surface area contributed by atoms with E-state index in [-0.39, 0.29) is 1.43 Å². The van der Waals surface area contributed by atoms with Crippen molar-refractivity contribution in [3.63, 3.8) is 0 Å². The van der Waals surface area contributed by atoms with E-state index in [9.17, 15) is 0 Å². The molecule has 1 N–H and O–H groups in total. The van der Waals surface area contributed by atoms with E-state index in [2.05, 4.69) is 38.0 Å². The predicted octanol–water partition coefficient (Wildman–Crippen LogP) is 1.18. The number of nitrogens with one attached hydrogen (secondary N) is 1. The maximum Gasteiger partial charge on any atom is 0.0106 e. The molecule has 0 radical (unpaired) electrons. The quantitative estimate of drug-likeness (QED) is 0.586. The maximum absolute atomic E-state index is 3.29. The zero-order valence-electron chi connectivity index (χ0n) is 7.65. The van der Waals surface area contributed by atoms with Crippen molar-refractivity contribution in [2.75, 3.05) is 26.7 Å². The molecular weight excluding hydrogens is 124 g/mol. The van der Waals surface area contributed by atoms with Crippen LogP contribution < -0.4 is 5.32 Å². The summed E-state index contributed by atoms with van der Waals surface area (Å²) in [5.74, 6) is 0. The van der Waals surface area contributed by atoms with Gasteiger partial charge in [-0.15, -0.1) is 0 Å². The van der Waals surface area contributed by atoms with E-state index in [1.807, 2.05) is 0 Å². The second kappa shape index (κ2) is 5.69. The van der Waals surface area contributed by atoms with E-state index in [0.29, 0.717) is 6.04 Å². The Morgan fingerprint density at radius 3 is 2.50 bits per heavy atom. The Labute approximate surface area is 66.1 Å². The largest absolute Gasteiger partial charge is 0.316 e. The van der Waals surface area contributed by atoms with Gasteiger partial charge in [0.05, 0.1) is 0 Å². The summed E-state index contributed by atoms with van der Waals surface area (Å²) in [4.78, 5) is 2.34. The van der Waals surface area contributed by atoms with Crippen molar-refractivity contribution >= 4 is 0 Å². The van der Waals surface area contributed by atoms with Gasteiger partial charge in [0.1, 0.15) is 0 Å². The summed E-state index contributed by atoms with van der Waals surface area (Å²) in [6.07, 6.45) is 0. The van der Waals surface area contributed by atoms with Gasteiger partial charge in [0.15, 0.2) is 0 Å². The molecule has 0 heterocycles. The van der Waals surface area contributed by atoms with Crippen molar-refractivity contribution in [2.24, 2.45) is 0 Å². The van der Waals surface area contributed by atoms with Crippen molar-refractivity contribution in [3.05, 3.63) is 0 Å². The van der Waals surface area contributed by atoms with Crippen molar-refractivity contribution in [2.45, 2.75) is 26.8 Å². The first-order chi connectivity index (χ1) is 4.68. The monoisotopic (exact) mass is 146 g/mol. The van der Waals surface area contributed by atoms with Crippen LogP contribution in [0.1, 0.15) is 22.2 Å². The molecule has 0 atom stereocenters. The van der Waals surface area contributed by atoms with Crippen molar-refractivity contribution in [3.8, 4) is 0 Å². The molecule has 0 aromatic heterocycles. The molecule has 0 aliphatic rings. The summed E-state index contributed by atoms with van der Waals surface area (Å²) >= 11 is 0. The molecule has 0 aromatic rings. The average molecular weight is 146 g/mol. The highest BCUT2D eigenvalue weighted by molar-refractivity contribution is 4.57. The lowest BCUT2D eigenvalue weighted by molar-refractivity contribution is 0.274. The van der Waals surface area contributed by atoms with Crippen molar-refractivity contribution < 1.29 is 1.43 Å². The van der Waals surface area contributed by atoms with Crippen LogP contribution in [-0.2, 0) is 0 Å². The van der Waals surface area contributed by atoms with Gasteiger partial charge in [0, 0.05) is 20.6 Å². The molecule has 0 aliphatic carbocycles. The van der Waals surface area contributed by atoms with Crippen LogP contribution in [-0.4, -0.2) is 37.6 Å². The summed E-state index contributed by atoms with van der Waals surface area (Å²) in [7, 11) is 2.15. The Hall–Kier alpha value is -0.0800. The highest BCUT2D eigenvalue weighted by Gasteiger charge is 1.99. The minimum atomic E-state index is 0. The van der Waals surface area contributed by atoms with Crippen LogP contribution in [0.15, 0.2) is 0 Å². The molecule has 2 heteroatoms. The standard InChI is InChI=1S/C8H20N2.H2/c1-5-9-6-7-10(4)8(2)3;/h8-9H,5-7H2,1-4H3;1H. The maximum atomic E-state index is 3.29. The fourth-order valence-corrected chi connectivity index (χ4v) is 0.690. The van der Waals surface area contributed by atoms with Crippen LogP contribution in [0.25, 0.3) is 0 Å². The van der Waals surface area contributed by atoms with Crippen LogP contribution in [0.4, 0.5) is 0 Å². The molecule has 0 saturated carbocycles. The summed E-state index contributed by atoms with van der Waals surface area (Å²) < 4.78 is 0. The van der Waals surface area contributed by atoms with Gasteiger partial charge in [-0.1, -0.05) is 6.92 Å². The molecule has 2 nitrogen and oxygen atoms in total. The predicted molar refractivity (Wildman–Crippen MR) is 48.4 cm³/mol. The smallest absolute Gasteiger partial charge is 0.0106 e. The molecule has 10 heavy (non-hydrogen) atoms. The van der Waals surface area contributed by atoms with E-state index >= 15 is 0 Å². The minimum Gasteiger partial charge on any atom is -0.316 e. The van der Waals surface area contributed by atoms with Crippen LogP contribution in [0.5, 0.6) is 0 Å². The first kappa shape index (κ1) is 9.92. The Morgan fingerprint density at radius 2 is 2.10 bits per heavy atom. The molecule has 64 valence electrons. The lowest BCUT2D eigenvalue weighted by Crippen LogP contribution is -2.33. The van der Waals surface area contributed by atoms with Crippen LogP contribution in [0.3, 0.4) is 0 Å². The highest BCUT2D eigenvalue weighted by atomic mass is 15.1. The molecule has 0 rings (SSSR count). The molecular formula is C8H22N2. The topological polar surface area (TPSA) is 15.3 Å². The molecule has 0 bridgehead atoms. The number of hydrogen-bond acceptors (Lipinski definition) is 2. The van der Waals surface area contributed by atoms with E-state index in [4.69, 9.17) is 0 Å². The Kier molecular flexibility index (Phi) is 5.64. The fraction of sp³-hybridized carbons (Fsp3) is 1.00. The van der Waals surface area contributed by atoms with Gasteiger partial charge in [-0.25, -0.2) is 0 Å². The van der Waals surface area contributed by atoms with Gasteiger partial charge < -0.3 is 10.2 Å². The fourth-order valence-electron chi connectivity index (χ4n) is 0.690. The van der Waals surface area contributed by atoms with Gasteiger partial charge in [0.25, 0.3) is 0 Å². The van der Waals surface area contributed by atoms with E-state index < -0.39 is 0 Å². The summed E-state index contributed by atoms with van der Waals surface area (Å²) in [5.41, 5.74) is 0. The zero-order chi connectivity index (χ0) is 7.98. The number of rotatable bonds is 5. The number of hydrogen-bond donors (Lipinski definition) is 1. The third-order valence-electron chi connectivity index (χ3n) is 1.77. The second-order valence-electron chi connectivity index (χ2n) is 2.93. The zero-order valence-corrected chi connectivity index (χ0v) is 7.65. The first-order valence-corrected chi connectivity index (χ1v) is 4.09. The van der Waals surface area contributed by atoms with Gasteiger partial charge in [0.2, 0.25) is 0 Å². The molecule has 0 unspecified atom stereocenters. The van der Waals surface area contributed by atoms with E-state index in [0.717, 1.165) is 19.6 Å². The Bertz CT molecular complexity index is 76.5. The van der Waals surface area contributed by atoms with Gasteiger partial charge in [-0.3, -0.25) is 0 Å². The van der Waals surface area contributed by atoms with Crippen LogP contribution >= 0.6 is 0 Å². The van der Waals surface area contributed by atoms with Gasteiger partial charge in [-0.05, 0) is 27.4 Å². The van der Waals surface area contributed by atoms with Crippen molar-refractivity contribution in [1.82, 2.24) is 10.2 Å². The first-order valence-electron chi connectivity index (χ1n) is 4.09. The van der Waals surface area contributed by atoms with E-state index in [1.54, 1.807) is 0 Å². The summed E-state index contributed by atoms with van der Waals surface area (Å²) in [6, 6.07) is 0.665. The molecule has 0 saturated heterocycles. The number of nitrogens with zero attached hydrogens (tertiary/aromatic N) is 1. The van der Waals surface area contributed by atoms with Crippen LogP contribution in [0, 0.1) is 0 Å². The molecule has 0 spiro atoms. The van der Waals surface area contributed by atoms with Crippen molar-refractivity contribution in [1.29, 1.82) is 0 Å². The Morgan fingerprint density at radius 1 is 1.50 bits per heavy atom. The molecule has 0 amide bonds. The lowest BCUT2D eigenvalue weighted by atomic mass is 10.3. The molecule has 0 aliphatic heterocycles. The summed E-state index contributed by atoms with van der Waals surface area (Å²) in [5, 5.41) is 3.29. The van der Waals surface area contributed by atoms with E-state index in [1.165, 1.54) is 0 Å². The lowest BCUT2D eigenvalue weighted by Gasteiger charge is -2.20. The molecule has 0 aromatic carbocycles. The molecule has 0 fully saturated rings. The summed E-state index contributed by atoms with van der Waals surface area (Å²) in [6.45, 7) is 9.88. The normalized spacial score (nSPS) is 11.4. The third kappa shape index (κ3) is 4.77. The third-order valence-corrected chi connectivity index (χ3v) is 1.77. The highest BCUT2D eigenvalue weighted by Crippen LogP contribution is 1.90. The number of likely N-dealkylation sites (N-methyl/N-ethyl adjacent to an activating group) is 2. The van der Waals surface area contributed by atoms with Gasteiger partial charge >= 0.3 is 0 Å². The van der Waals surface area contributed by atoms with Gasteiger partial charge in [-0.2, -0.15) is 0 Å². The SMILES string of the molecule is CCNCCN(C)C(C)C.[HH]. The Balaban J connectivity index is 0. The second-order valence-corrected chi connectivity index (χ2v) is 2.93.